The van der Waals surface area contributed by atoms with E-state index < -0.39 is 0 Å². The SMILES string of the molecule is Cn1ncnc1CNCC1(CO)CCCCC1. The predicted molar refractivity (Wildman–Crippen MR) is 65.3 cm³/mol. The Kier molecular flexibility index (Phi) is 4.12. The number of hydrogen-bond acceptors (Lipinski definition) is 4. The average molecular weight is 238 g/mol. The predicted octanol–water partition coefficient (Wildman–Crippen LogP) is 0.847. The van der Waals surface area contributed by atoms with E-state index in [1.807, 2.05) is 7.05 Å². The molecule has 96 valence electrons. The van der Waals surface area contributed by atoms with Gasteiger partial charge in [0.2, 0.25) is 0 Å². The second-order valence-corrected chi connectivity index (χ2v) is 5.12. The standard InChI is InChI=1S/C12H22N4O/c1-16-11(14-10-15-16)7-13-8-12(9-17)5-3-2-4-6-12/h10,13,17H,2-9H2,1H3. The Hall–Kier alpha value is -0.940. The van der Waals surface area contributed by atoms with Crippen molar-refractivity contribution in [3.05, 3.63) is 12.2 Å². The summed E-state index contributed by atoms with van der Waals surface area (Å²) in [5.41, 5.74) is 0.0941. The molecule has 1 aliphatic rings. The van der Waals surface area contributed by atoms with Gasteiger partial charge in [-0.15, -0.1) is 0 Å². The molecule has 0 atom stereocenters. The molecule has 5 heteroatoms. The van der Waals surface area contributed by atoms with Crippen LogP contribution in [0, 0.1) is 5.41 Å². The summed E-state index contributed by atoms with van der Waals surface area (Å²) in [6.07, 6.45) is 7.63. The molecule has 1 aromatic heterocycles. The van der Waals surface area contributed by atoms with Gasteiger partial charge in [-0.05, 0) is 12.8 Å². The number of aliphatic hydroxyl groups excluding tert-OH is 1. The molecular formula is C12H22N4O. The number of aliphatic hydroxyl groups is 1. The fourth-order valence-electron chi connectivity index (χ4n) is 2.61. The Morgan fingerprint density at radius 1 is 1.41 bits per heavy atom. The van der Waals surface area contributed by atoms with E-state index >= 15 is 0 Å². The summed E-state index contributed by atoms with van der Waals surface area (Å²) in [5.74, 6) is 0.939. The maximum absolute atomic E-state index is 9.58. The van der Waals surface area contributed by atoms with E-state index in [2.05, 4.69) is 15.4 Å². The summed E-state index contributed by atoms with van der Waals surface area (Å²) in [5, 5.41) is 17.0. The van der Waals surface area contributed by atoms with E-state index in [-0.39, 0.29) is 5.41 Å². The van der Waals surface area contributed by atoms with Crippen molar-refractivity contribution in [1.82, 2.24) is 20.1 Å². The van der Waals surface area contributed by atoms with Gasteiger partial charge in [-0.3, -0.25) is 4.68 Å². The van der Waals surface area contributed by atoms with Crippen molar-refractivity contribution < 1.29 is 5.11 Å². The van der Waals surface area contributed by atoms with E-state index in [0.717, 1.165) is 31.8 Å². The van der Waals surface area contributed by atoms with Gasteiger partial charge >= 0.3 is 0 Å². The van der Waals surface area contributed by atoms with E-state index in [9.17, 15) is 5.11 Å². The van der Waals surface area contributed by atoms with Gasteiger partial charge in [-0.1, -0.05) is 19.3 Å². The fraction of sp³-hybridized carbons (Fsp3) is 0.833. The largest absolute Gasteiger partial charge is 0.396 e. The van der Waals surface area contributed by atoms with Gasteiger partial charge in [0, 0.05) is 25.6 Å². The Morgan fingerprint density at radius 3 is 2.76 bits per heavy atom. The molecule has 1 aromatic rings. The number of aromatic nitrogens is 3. The molecular weight excluding hydrogens is 216 g/mol. The first kappa shape index (κ1) is 12.5. The quantitative estimate of drug-likeness (QED) is 0.798. The molecule has 2 rings (SSSR count). The fourth-order valence-corrected chi connectivity index (χ4v) is 2.61. The monoisotopic (exact) mass is 238 g/mol. The van der Waals surface area contributed by atoms with Gasteiger partial charge in [-0.25, -0.2) is 4.98 Å². The second-order valence-electron chi connectivity index (χ2n) is 5.12. The van der Waals surface area contributed by atoms with Gasteiger partial charge in [-0.2, -0.15) is 5.10 Å². The second kappa shape index (κ2) is 5.60. The summed E-state index contributed by atoms with van der Waals surface area (Å²) in [6.45, 7) is 1.88. The average Bonchev–Trinajstić information content (AvgIpc) is 2.76. The summed E-state index contributed by atoms with van der Waals surface area (Å²) >= 11 is 0. The van der Waals surface area contributed by atoms with Crippen LogP contribution in [0.4, 0.5) is 0 Å². The van der Waals surface area contributed by atoms with Crippen molar-refractivity contribution in [2.75, 3.05) is 13.2 Å². The third-order valence-corrected chi connectivity index (χ3v) is 3.84. The molecule has 0 aromatic carbocycles. The zero-order valence-corrected chi connectivity index (χ0v) is 10.5. The van der Waals surface area contributed by atoms with Gasteiger partial charge in [0.15, 0.2) is 0 Å². The molecule has 0 radical (unpaired) electrons. The van der Waals surface area contributed by atoms with Crippen molar-refractivity contribution in [2.24, 2.45) is 12.5 Å². The molecule has 1 aliphatic carbocycles. The third-order valence-electron chi connectivity index (χ3n) is 3.84. The van der Waals surface area contributed by atoms with E-state index in [4.69, 9.17) is 0 Å². The zero-order valence-electron chi connectivity index (χ0n) is 10.5. The van der Waals surface area contributed by atoms with Gasteiger partial charge in [0.05, 0.1) is 6.54 Å². The molecule has 0 aliphatic heterocycles. The van der Waals surface area contributed by atoms with Crippen LogP contribution in [0.15, 0.2) is 6.33 Å². The van der Waals surface area contributed by atoms with Gasteiger partial charge in [0.1, 0.15) is 12.2 Å². The Morgan fingerprint density at radius 2 is 2.18 bits per heavy atom. The van der Waals surface area contributed by atoms with Gasteiger partial charge in [0.25, 0.3) is 0 Å². The summed E-state index contributed by atoms with van der Waals surface area (Å²) in [6, 6.07) is 0. The minimum atomic E-state index is 0.0941. The van der Waals surface area contributed by atoms with Crippen LogP contribution in [0.1, 0.15) is 37.9 Å². The molecule has 0 unspecified atom stereocenters. The molecule has 0 saturated heterocycles. The molecule has 5 nitrogen and oxygen atoms in total. The lowest BCUT2D eigenvalue weighted by Gasteiger charge is -2.35. The molecule has 1 heterocycles. The van der Waals surface area contributed by atoms with E-state index in [1.165, 1.54) is 19.3 Å². The lowest BCUT2D eigenvalue weighted by Crippen LogP contribution is -2.39. The van der Waals surface area contributed by atoms with Crippen molar-refractivity contribution in [1.29, 1.82) is 0 Å². The molecule has 17 heavy (non-hydrogen) atoms. The number of hydrogen-bond donors (Lipinski definition) is 2. The third kappa shape index (κ3) is 3.04. The smallest absolute Gasteiger partial charge is 0.140 e. The van der Waals surface area contributed by atoms with Crippen molar-refractivity contribution in [3.8, 4) is 0 Å². The van der Waals surface area contributed by atoms with E-state index in [1.54, 1.807) is 11.0 Å². The van der Waals surface area contributed by atoms with Crippen LogP contribution in [-0.2, 0) is 13.6 Å². The normalized spacial score (nSPS) is 19.4. The van der Waals surface area contributed by atoms with Crippen LogP contribution in [0.25, 0.3) is 0 Å². The summed E-state index contributed by atoms with van der Waals surface area (Å²) in [4.78, 5) is 4.17. The minimum Gasteiger partial charge on any atom is -0.396 e. The maximum Gasteiger partial charge on any atom is 0.140 e. The Bertz CT molecular complexity index is 344. The topological polar surface area (TPSA) is 63.0 Å². The lowest BCUT2D eigenvalue weighted by atomic mass is 9.74. The molecule has 0 spiro atoms. The van der Waals surface area contributed by atoms with Crippen LogP contribution in [-0.4, -0.2) is 33.0 Å². The van der Waals surface area contributed by atoms with E-state index in [0.29, 0.717) is 6.61 Å². The van der Waals surface area contributed by atoms with Crippen LogP contribution in [0.5, 0.6) is 0 Å². The number of rotatable bonds is 5. The van der Waals surface area contributed by atoms with Crippen molar-refractivity contribution in [3.63, 3.8) is 0 Å². The van der Waals surface area contributed by atoms with Gasteiger partial charge < -0.3 is 10.4 Å². The van der Waals surface area contributed by atoms with Crippen LogP contribution in [0.3, 0.4) is 0 Å². The lowest BCUT2D eigenvalue weighted by molar-refractivity contribution is 0.0808. The van der Waals surface area contributed by atoms with Crippen molar-refractivity contribution >= 4 is 0 Å². The van der Waals surface area contributed by atoms with Crippen LogP contribution in [0.2, 0.25) is 0 Å². The maximum atomic E-state index is 9.58. The molecule has 0 amide bonds. The zero-order chi connectivity index (χ0) is 12.1. The first-order valence-electron chi connectivity index (χ1n) is 6.40. The first-order valence-corrected chi connectivity index (χ1v) is 6.40. The highest BCUT2D eigenvalue weighted by molar-refractivity contribution is 4.87. The summed E-state index contributed by atoms with van der Waals surface area (Å²) < 4.78 is 1.78. The summed E-state index contributed by atoms with van der Waals surface area (Å²) in [7, 11) is 1.90. The molecule has 0 bridgehead atoms. The molecule has 1 saturated carbocycles. The highest BCUT2D eigenvalue weighted by atomic mass is 16.3. The number of aryl methyl sites for hydroxylation is 1. The highest BCUT2D eigenvalue weighted by Gasteiger charge is 2.30. The number of nitrogens with one attached hydrogen (secondary N) is 1. The Balaban J connectivity index is 1.82. The minimum absolute atomic E-state index is 0.0941. The molecule has 1 fully saturated rings. The first-order chi connectivity index (χ1) is 8.26. The van der Waals surface area contributed by atoms with Crippen molar-refractivity contribution in [2.45, 2.75) is 38.6 Å². The Labute approximate surface area is 102 Å². The molecule has 2 N–H and O–H groups in total. The van der Waals surface area contributed by atoms with Crippen LogP contribution < -0.4 is 5.32 Å². The van der Waals surface area contributed by atoms with Crippen LogP contribution >= 0.6 is 0 Å². The highest BCUT2D eigenvalue weighted by Crippen LogP contribution is 2.35. The number of nitrogens with zero attached hydrogens (tertiary/aromatic N) is 3.